The lowest BCUT2D eigenvalue weighted by Crippen LogP contribution is -2.50. The van der Waals surface area contributed by atoms with Crippen LogP contribution in [0.4, 0.5) is 0 Å². The highest BCUT2D eigenvalue weighted by Gasteiger charge is 2.39. The van der Waals surface area contributed by atoms with Crippen molar-refractivity contribution >= 4 is 5.91 Å². The molecule has 1 amide bonds. The van der Waals surface area contributed by atoms with E-state index in [4.69, 9.17) is 5.73 Å². The summed E-state index contributed by atoms with van der Waals surface area (Å²) in [7, 11) is 1.77. The topological polar surface area (TPSA) is 66.6 Å². The predicted molar refractivity (Wildman–Crippen MR) is 73.1 cm³/mol. The summed E-state index contributed by atoms with van der Waals surface area (Å²) in [6.45, 7) is 4.22. The van der Waals surface area contributed by atoms with Crippen LogP contribution in [0.3, 0.4) is 0 Å². The number of aliphatic hydroxyl groups is 1. The van der Waals surface area contributed by atoms with E-state index in [1.54, 1.807) is 25.8 Å². The summed E-state index contributed by atoms with van der Waals surface area (Å²) in [5.41, 5.74) is 4.65. The molecule has 0 bridgehead atoms. The van der Waals surface area contributed by atoms with Gasteiger partial charge in [-0.1, -0.05) is 25.7 Å². The molecule has 0 aromatic heterocycles. The molecule has 1 saturated carbocycles. The quantitative estimate of drug-likeness (QED) is 0.749. The largest absolute Gasteiger partial charge is 0.389 e. The molecule has 1 aliphatic carbocycles. The van der Waals surface area contributed by atoms with Gasteiger partial charge >= 0.3 is 0 Å². The molecule has 0 aromatic carbocycles. The Morgan fingerprint density at radius 3 is 2.17 bits per heavy atom. The van der Waals surface area contributed by atoms with Crippen LogP contribution in [0, 0.1) is 5.41 Å². The van der Waals surface area contributed by atoms with E-state index in [0.717, 1.165) is 25.7 Å². The summed E-state index contributed by atoms with van der Waals surface area (Å²) < 4.78 is 0. The van der Waals surface area contributed by atoms with Crippen LogP contribution in [-0.4, -0.2) is 41.7 Å². The number of hydrogen-bond acceptors (Lipinski definition) is 3. The van der Waals surface area contributed by atoms with Gasteiger partial charge in [0, 0.05) is 20.1 Å². The maximum atomic E-state index is 12.6. The van der Waals surface area contributed by atoms with E-state index in [2.05, 4.69) is 0 Å². The molecule has 18 heavy (non-hydrogen) atoms. The molecule has 0 aliphatic heterocycles. The van der Waals surface area contributed by atoms with Gasteiger partial charge < -0.3 is 15.7 Å². The lowest BCUT2D eigenvalue weighted by Gasteiger charge is -2.36. The molecule has 106 valence electrons. The van der Waals surface area contributed by atoms with Gasteiger partial charge in [0.05, 0.1) is 11.0 Å². The third-order valence-corrected chi connectivity index (χ3v) is 3.88. The van der Waals surface area contributed by atoms with Crippen molar-refractivity contribution < 1.29 is 9.90 Å². The highest BCUT2D eigenvalue weighted by atomic mass is 16.3. The number of amides is 1. The van der Waals surface area contributed by atoms with E-state index in [9.17, 15) is 9.90 Å². The smallest absolute Gasteiger partial charge is 0.229 e. The fourth-order valence-corrected chi connectivity index (χ4v) is 2.97. The molecule has 4 heteroatoms. The van der Waals surface area contributed by atoms with E-state index in [1.165, 1.54) is 12.8 Å². The van der Waals surface area contributed by atoms with Crippen molar-refractivity contribution in [2.45, 2.75) is 58.0 Å². The molecule has 1 rings (SSSR count). The fourth-order valence-electron chi connectivity index (χ4n) is 2.97. The summed E-state index contributed by atoms with van der Waals surface area (Å²) in [5.74, 6) is 0.106. The van der Waals surface area contributed by atoms with Gasteiger partial charge in [0.1, 0.15) is 0 Å². The zero-order valence-electron chi connectivity index (χ0n) is 12.0. The van der Waals surface area contributed by atoms with Crippen molar-refractivity contribution in [2.75, 3.05) is 20.1 Å². The van der Waals surface area contributed by atoms with Crippen LogP contribution in [0.25, 0.3) is 0 Å². The van der Waals surface area contributed by atoms with Gasteiger partial charge in [-0.2, -0.15) is 0 Å². The standard InChI is InChI=1S/C14H28N2O2/c1-13(2,18)11-16(3)12(17)14(10-15)8-6-4-5-7-9-14/h18H,4-11,15H2,1-3H3. The summed E-state index contributed by atoms with van der Waals surface area (Å²) in [5, 5.41) is 9.82. The Morgan fingerprint density at radius 1 is 1.28 bits per heavy atom. The van der Waals surface area contributed by atoms with E-state index in [-0.39, 0.29) is 5.91 Å². The molecule has 4 nitrogen and oxygen atoms in total. The minimum atomic E-state index is -0.856. The molecule has 1 fully saturated rings. The van der Waals surface area contributed by atoms with Gasteiger partial charge in [-0.25, -0.2) is 0 Å². The highest BCUT2D eigenvalue weighted by Crippen LogP contribution is 2.35. The number of carbonyl (C=O) groups excluding carboxylic acids is 1. The molecule has 0 spiro atoms. The Hall–Kier alpha value is -0.610. The second kappa shape index (κ2) is 6.02. The lowest BCUT2D eigenvalue weighted by atomic mass is 9.79. The van der Waals surface area contributed by atoms with Gasteiger partial charge in [0.25, 0.3) is 0 Å². The van der Waals surface area contributed by atoms with Gasteiger partial charge in [0.2, 0.25) is 5.91 Å². The Bertz CT molecular complexity index is 276. The zero-order valence-corrected chi connectivity index (χ0v) is 12.0. The van der Waals surface area contributed by atoms with Crippen LogP contribution in [0.1, 0.15) is 52.4 Å². The Kier molecular flexibility index (Phi) is 5.17. The summed E-state index contributed by atoms with van der Waals surface area (Å²) in [6.07, 6.45) is 6.34. The fraction of sp³-hybridized carbons (Fsp3) is 0.929. The van der Waals surface area contributed by atoms with E-state index >= 15 is 0 Å². The molecule has 0 aromatic rings. The minimum Gasteiger partial charge on any atom is -0.389 e. The first-order valence-corrected chi connectivity index (χ1v) is 6.99. The predicted octanol–water partition coefficient (Wildman–Crippen LogP) is 1.51. The highest BCUT2D eigenvalue weighted by molar-refractivity contribution is 5.83. The number of hydrogen-bond donors (Lipinski definition) is 2. The van der Waals surface area contributed by atoms with Crippen LogP contribution in [0.15, 0.2) is 0 Å². The van der Waals surface area contributed by atoms with Gasteiger partial charge in [-0.05, 0) is 26.7 Å². The van der Waals surface area contributed by atoms with E-state index < -0.39 is 11.0 Å². The zero-order chi connectivity index (χ0) is 13.8. The van der Waals surface area contributed by atoms with Crippen LogP contribution in [-0.2, 0) is 4.79 Å². The van der Waals surface area contributed by atoms with Gasteiger partial charge in [-0.15, -0.1) is 0 Å². The van der Waals surface area contributed by atoms with Crippen LogP contribution >= 0.6 is 0 Å². The first-order valence-electron chi connectivity index (χ1n) is 6.99. The second-order valence-electron chi connectivity index (χ2n) is 6.37. The number of nitrogens with two attached hydrogens (primary N) is 1. The number of nitrogens with zero attached hydrogens (tertiary/aromatic N) is 1. The van der Waals surface area contributed by atoms with Crippen molar-refractivity contribution in [3.63, 3.8) is 0 Å². The van der Waals surface area contributed by atoms with Crippen molar-refractivity contribution in [3.8, 4) is 0 Å². The molecule has 0 atom stereocenters. The molecule has 0 radical (unpaired) electrons. The first kappa shape index (κ1) is 15.4. The van der Waals surface area contributed by atoms with E-state index in [1.807, 2.05) is 0 Å². The molecular formula is C14H28N2O2. The average Bonchev–Trinajstić information content (AvgIpc) is 2.51. The van der Waals surface area contributed by atoms with Gasteiger partial charge in [-0.3, -0.25) is 4.79 Å². The molecular weight excluding hydrogens is 228 g/mol. The SMILES string of the molecule is CN(CC(C)(C)O)C(=O)C1(CN)CCCCCC1. The normalized spacial score (nSPS) is 20.3. The van der Waals surface area contributed by atoms with E-state index in [0.29, 0.717) is 13.1 Å². The molecule has 1 aliphatic rings. The van der Waals surface area contributed by atoms with Gasteiger partial charge in [0.15, 0.2) is 0 Å². The third-order valence-electron chi connectivity index (χ3n) is 3.88. The van der Waals surface area contributed by atoms with Crippen LogP contribution in [0.5, 0.6) is 0 Å². The van der Waals surface area contributed by atoms with Crippen molar-refractivity contribution in [2.24, 2.45) is 11.1 Å². The molecule has 0 heterocycles. The number of carbonyl (C=O) groups is 1. The monoisotopic (exact) mass is 256 g/mol. The van der Waals surface area contributed by atoms with Crippen LogP contribution in [0.2, 0.25) is 0 Å². The lowest BCUT2D eigenvalue weighted by molar-refractivity contribution is -0.143. The van der Waals surface area contributed by atoms with Crippen molar-refractivity contribution in [1.82, 2.24) is 4.90 Å². The summed E-state index contributed by atoms with van der Waals surface area (Å²) in [6, 6.07) is 0. The maximum Gasteiger partial charge on any atom is 0.229 e. The number of likely N-dealkylation sites (N-methyl/N-ethyl adjacent to an activating group) is 1. The summed E-state index contributed by atoms with van der Waals surface area (Å²) >= 11 is 0. The molecule has 0 saturated heterocycles. The third kappa shape index (κ3) is 3.95. The average molecular weight is 256 g/mol. The van der Waals surface area contributed by atoms with Crippen LogP contribution < -0.4 is 5.73 Å². The van der Waals surface area contributed by atoms with Crippen molar-refractivity contribution in [1.29, 1.82) is 0 Å². The van der Waals surface area contributed by atoms with Crippen molar-refractivity contribution in [3.05, 3.63) is 0 Å². The molecule has 3 N–H and O–H groups in total. The maximum absolute atomic E-state index is 12.6. The summed E-state index contributed by atoms with van der Waals surface area (Å²) in [4.78, 5) is 14.3. The molecule has 0 unspecified atom stereocenters. The number of rotatable bonds is 4. The Morgan fingerprint density at radius 2 is 1.78 bits per heavy atom. The second-order valence-corrected chi connectivity index (χ2v) is 6.37. The Balaban J connectivity index is 2.76. The first-order chi connectivity index (χ1) is 8.31. The Labute approximate surface area is 111 Å². The minimum absolute atomic E-state index is 0.106.